The fourth-order valence-corrected chi connectivity index (χ4v) is 2.88. The van der Waals surface area contributed by atoms with E-state index in [0.717, 1.165) is 11.0 Å². The van der Waals surface area contributed by atoms with Gasteiger partial charge in [0, 0.05) is 34.2 Å². The van der Waals surface area contributed by atoms with Crippen LogP contribution in [0.4, 0.5) is 0 Å². The van der Waals surface area contributed by atoms with Crippen molar-refractivity contribution in [2.24, 2.45) is 0 Å². The van der Waals surface area contributed by atoms with Gasteiger partial charge in [0.25, 0.3) is 0 Å². The molecule has 102 valence electrons. The van der Waals surface area contributed by atoms with Gasteiger partial charge in [0.2, 0.25) is 0 Å². The predicted molar refractivity (Wildman–Crippen MR) is 87.7 cm³/mol. The minimum absolute atomic E-state index is 0.321. The number of aromatic nitrogens is 1. The van der Waals surface area contributed by atoms with Gasteiger partial charge in [-0.3, -0.25) is 0 Å². The van der Waals surface area contributed by atoms with Gasteiger partial charge in [-0.15, -0.1) is 0 Å². The molecule has 0 bridgehead atoms. The minimum Gasteiger partial charge on any atom is -0.361 e. The van der Waals surface area contributed by atoms with Crippen LogP contribution in [0, 0.1) is 0 Å². The summed E-state index contributed by atoms with van der Waals surface area (Å²) in [4.78, 5) is 3.25. The number of hydrogen-bond acceptors (Lipinski definition) is 1. The van der Waals surface area contributed by atoms with Crippen molar-refractivity contribution in [1.82, 2.24) is 10.3 Å². The lowest BCUT2D eigenvalue weighted by molar-refractivity contribution is 0.576. The Balaban J connectivity index is 1.74. The highest BCUT2D eigenvalue weighted by Gasteiger charge is 2.07. The van der Waals surface area contributed by atoms with Crippen LogP contribution in [0.3, 0.4) is 0 Å². The molecule has 0 amide bonds. The van der Waals surface area contributed by atoms with E-state index in [-0.39, 0.29) is 0 Å². The van der Waals surface area contributed by atoms with Crippen molar-refractivity contribution in [2.75, 3.05) is 0 Å². The molecular weight excluding hydrogens is 312 g/mol. The number of halogens is 1. The molecule has 1 atom stereocenters. The Bertz CT molecular complexity index is 718. The first kappa shape index (κ1) is 13.4. The molecule has 1 unspecified atom stereocenters. The summed E-state index contributed by atoms with van der Waals surface area (Å²) >= 11 is 3.52. The molecule has 3 heteroatoms. The van der Waals surface area contributed by atoms with E-state index >= 15 is 0 Å². The molecule has 0 aliphatic rings. The van der Waals surface area contributed by atoms with Gasteiger partial charge in [-0.1, -0.05) is 40.2 Å². The van der Waals surface area contributed by atoms with E-state index in [1.165, 1.54) is 22.0 Å². The number of fused-ring (bicyclic) bond motifs is 1. The topological polar surface area (TPSA) is 27.8 Å². The van der Waals surface area contributed by atoms with E-state index in [9.17, 15) is 0 Å². The monoisotopic (exact) mass is 328 g/mol. The standard InChI is InChI=1S/C17H17BrN2/c1-12(13-4-2-6-15(18)10-13)20-11-14-5-3-7-17-16(14)8-9-19-17/h2-10,12,19-20H,11H2,1H3. The molecule has 0 saturated heterocycles. The van der Waals surface area contributed by atoms with Gasteiger partial charge in [0.15, 0.2) is 0 Å². The maximum atomic E-state index is 3.59. The number of aromatic amines is 1. The van der Waals surface area contributed by atoms with Crippen LogP contribution >= 0.6 is 15.9 Å². The molecule has 3 rings (SSSR count). The molecule has 1 aromatic heterocycles. The maximum Gasteiger partial charge on any atom is 0.0457 e. The zero-order valence-corrected chi connectivity index (χ0v) is 12.9. The van der Waals surface area contributed by atoms with Crippen LogP contribution < -0.4 is 5.32 Å². The number of hydrogen-bond donors (Lipinski definition) is 2. The summed E-state index contributed by atoms with van der Waals surface area (Å²) in [6.45, 7) is 3.06. The van der Waals surface area contributed by atoms with Crippen molar-refractivity contribution in [3.05, 3.63) is 70.3 Å². The maximum absolute atomic E-state index is 3.59. The van der Waals surface area contributed by atoms with Crippen molar-refractivity contribution in [3.63, 3.8) is 0 Å². The van der Waals surface area contributed by atoms with Crippen LogP contribution in [0.1, 0.15) is 24.1 Å². The highest BCUT2D eigenvalue weighted by molar-refractivity contribution is 9.10. The highest BCUT2D eigenvalue weighted by Crippen LogP contribution is 2.20. The zero-order chi connectivity index (χ0) is 13.9. The first-order chi connectivity index (χ1) is 9.74. The Kier molecular flexibility index (Phi) is 3.90. The molecule has 3 aromatic rings. The second-order valence-corrected chi connectivity index (χ2v) is 5.93. The Hall–Kier alpha value is -1.58. The van der Waals surface area contributed by atoms with Crippen LogP contribution in [-0.2, 0) is 6.54 Å². The van der Waals surface area contributed by atoms with E-state index in [1.807, 2.05) is 6.20 Å². The molecule has 2 aromatic carbocycles. The van der Waals surface area contributed by atoms with Gasteiger partial charge >= 0.3 is 0 Å². The van der Waals surface area contributed by atoms with Gasteiger partial charge < -0.3 is 10.3 Å². The molecular formula is C17H17BrN2. The van der Waals surface area contributed by atoms with Crippen LogP contribution in [0.2, 0.25) is 0 Å². The number of rotatable bonds is 4. The van der Waals surface area contributed by atoms with E-state index in [1.54, 1.807) is 0 Å². The molecule has 0 aliphatic carbocycles. The molecule has 20 heavy (non-hydrogen) atoms. The van der Waals surface area contributed by atoms with Crippen LogP contribution in [0.25, 0.3) is 10.9 Å². The van der Waals surface area contributed by atoms with Crippen LogP contribution in [0.15, 0.2) is 59.2 Å². The van der Waals surface area contributed by atoms with Crippen molar-refractivity contribution >= 4 is 26.8 Å². The van der Waals surface area contributed by atoms with Crippen LogP contribution in [0.5, 0.6) is 0 Å². The van der Waals surface area contributed by atoms with Gasteiger partial charge in [-0.2, -0.15) is 0 Å². The largest absolute Gasteiger partial charge is 0.361 e. The lowest BCUT2D eigenvalue weighted by Gasteiger charge is -2.15. The zero-order valence-electron chi connectivity index (χ0n) is 11.4. The van der Waals surface area contributed by atoms with E-state index in [0.29, 0.717) is 6.04 Å². The third-order valence-electron chi connectivity index (χ3n) is 3.63. The Morgan fingerprint density at radius 1 is 1.15 bits per heavy atom. The summed E-state index contributed by atoms with van der Waals surface area (Å²) in [6.07, 6.45) is 1.99. The van der Waals surface area contributed by atoms with E-state index in [4.69, 9.17) is 0 Å². The molecule has 0 fully saturated rings. The summed E-state index contributed by atoms with van der Waals surface area (Å²) in [6, 6.07) is 17.3. The smallest absolute Gasteiger partial charge is 0.0457 e. The summed E-state index contributed by atoms with van der Waals surface area (Å²) in [5.41, 5.74) is 3.81. The summed E-state index contributed by atoms with van der Waals surface area (Å²) in [7, 11) is 0. The van der Waals surface area contributed by atoms with Gasteiger partial charge in [0.05, 0.1) is 0 Å². The molecule has 0 saturated carbocycles. The van der Waals surface area contributed by atoms with Crippen molar-refractivity contribution in [3.8, 4) is 0 Å². The molecule has 2 nitrogen and oxygen atoms in total. The third kappa shape index (κ3) is 2.79. The van der Waals surface area contributed by atoms with Crippen molar-refractivity contribution in [2.45, 2.75) is 19.5 Å². The Morgan fingerprint density at radius 2 is 2.00 bits per heavy atom. The second kappa shape index (κ2) is 5.81. The Labute approximate surface area is 127 Å². The van der Waals surface area contributed by atoms with Gasteiger partial charge in [-0.25, -0.2) is 0 Å². The quantitative estimate of drug-likeness (QED) is 0.708. The van der Waals surface area contributed by atoms with Crippen molar-refractivity contribution < 1.29 is 0 Å². The SMILES string of the molecule is CC(NCc1cccc2[nH]ccc12)c1cccc(Br)c1. The van der Waals surface area contributed by atoms with E-state index < -0.39 is 0 Å². The molecule has 1 heterocycles. The second-order valence-electron chi connectivity index (χ2n) is 5.01. The summed E-state index contributed by atoms with van der Waals surface area (Å²) in [5, 5.41) is 4.88. The lowest BCUT2D eigenvalue weighted by Crippen LogP contribution is -2.18. The molecule has 0 radical (unpaired) electrons. The minimum atomic E-state index is 0.321. The Morgan fingerprint density at radius 3 is 2.85 bits per heavy atom. The van der Waals surface area contributed by atoms with E-state index in [2.05, 4.69) is 81.7 Å². The normalized spacial score (nSPS) is 12.7. The lowest BCUT2D eigenvalue weighted by atomic mass is 10.1. The van der Waals surface area contributed by atoms with Gasteiger partial charge in [0.1, 0.15) is 0 Å². The summed E-state index contributed by atoms with van der Waals surface area (Å²) in [5.74, 6) is 0. The average Bonchev–Trinajstić information content (AvgIpc) is 2.93. The number of benzene rings is 2. The number of nitrogens with one attached hydrogen (secondary N) is 2. The molecule has 0 spiro atoms. The third-order valence-corrected chi connectivity index (χ3v) is 4.13. The molecule has 2 N–H and O–H groups in total. The predicted octanol–water partition coefficient (Wildman–Crippen LogP) is 4.78. The number of H-pyrrole nitrogens is 1. The molecule has 0 aliphatic heterocycles. The highest BCUT2D eigenvalue weighted by atomic mass is 79.9. The van der Waals surface area contributed by atoms with Gasteiger partial charge in [-0.05, 0) is 42.3 Å². The first-order valence-corrected chi connectivity index (χ1v) is 7.57. The van der Waals surface area contributed by atoms with Crippen LogP contribution in [-0.4, -0.2) is 4.98 Å². The van der Waals surface area contributed by atoms with Crippen molar-refractivity contribution in [1.29, 1.82) is 0 Å². The fourth-order valence-electron chi connectivity index (χ4n) is 2.46. The first-order valence-electron chi connectivity index (χ1n) is 6.78. The summed E-state index contributed by atoms with van der Waals surface area (Å²) < 4.78 is 1.12. The average molecular weight is 329 g/mol. The fraction of sp³-hybridized carbons (Fsp3) is 0.176.